The zero-order chi connectivity index (χ0) is 10.9. The van der Waals surface area contributed by atoms with Gasteiger partial charge in [0, 0.05) is 5.41 Å². The van der Waals surface area contributed by atoms with Crippen molar-refractivity contribution in [3.05, 3.63) is 11.6 Å². The Morgan fingerprint density at radius 3 is 3.20 bits per heavy atom. The molecule has 0 spiro atoms. The number of carbonyl (C=O) groups excluding carboxylic acids is 1. The third kappa shape index (κ3) is 1.54. The van der Waals surface area contributed by atoms with Gasteiger partial charge in [-0.05, 0) is 32.6 Å². The van der Waals surface area contributed by atoms with E-state index in [-0.39, 0.29) is 11.4 Å². The van der Waals surface area contributed by atoms with Crippen molar-refractivity contribution in [3.8, 4) is 6.07 Å². The second kappa shape index (κ2) is 3.69. The molecule has 0 aliphatic heterocycles. The average molecular weight is 205 g/mol. The Balaban J connectivity index is 2.15. The molecule has 1 fully saturated rings. The summed E-state index contributed by atoms with van der Waals surface area (Å²) < 4.78 is 4.95. The number of esters is 1. The first-order valence-electron chi connectivity index (χ1n) is 5.50. The minimum absolute atomic E-state index is 0.140. The first kappa shape index (κ1) is 10.2. The fraction of sp³-hybridized carbons (Fsp3) is 0.667. The Hall–Kier alpha value is -1.30. The highest BCUT2D eigenvalue weighted by Crippen LogP contribution is 2.62. The normalized spacial score (nSPS) is 29.5. The predicted molar refractivity (Wildman–Crippen MR) is 54.7 cm³/mol. The summed E-state index contributed by atoms with van der Waals surface area (Å²) in [4.78, 5) is 11.6. The van der Waals surface area contributed by atoms with Gasteiger partial charge < -0.3 is 4.74 Å². The van der Waals surface area contributed by atoms with E-state index in [1.165, 1.54) is 5.57 Å². The lowest BCUT2D eigenvalue weighted by Gasteiger charge is -2.21. The van der Waals surface area contributed by atoms with Gasteiger partial charge in [-0.1, -0.05) is 11.6 Å². The molecule has 0 N–H and O–H groups in total. The molecule has 2 unspecified atom stereocenters. The van der Waals surface area contributed by atoms with E-state index >= 15 is 0 Å². The fourth-order valence-electron chi connectivity index (χ4n) is 2.57. The highest BCUT2D eigenvalue weighted by Gasteiger charge is 2.58. The highest BCUT2D eigenvalue weighted by atomic mass is 16.5. The Labute approximate surface area is 89.7 Å². The van der Waals surface area contributed by atoms with Crippen LogP contribution in [-0.4, -0.2) is 12.6 Å². The summed E-state index contributed by atoms with van der Waals surface area (Å²) in [5.74, 6) is -0.922. The van der Waals surface area contributed by atoms with Crippen LogP contribution in [0.2, 0.25) is 0 Å². The number of hydrogen-bond donors (Lipinski definition) is 0. The van der Waals surface area contributed by atoms with Crippen LogP contribution in [0.15, 0.2) is 11.6 Å². The summed E-state index contributed by atoms with van der Waals surface area (Å²) in [7, 11) is 0. The van der Waals surface area contributed by atoms with Crippen LogP contribution in [0.5, 0.6) is 0 Å². The van der Waals surface area contributed by atoms with Crippen LogP contribution in [-0.2, 0) is 9.53 Å². The molecule has 2 aliphatic carbocycles. The molecule has 2 aliphatic rings. The Morgan fingerprint density at radius 2 is 2.60 bits per heavy atom. The van der Waals surface area contributed by atoms with Crippen molar-refractivity contribution in [2.75, 3.05) is 6.61 Å². The zero-order valence-corrected chi connectivity index (χ0v) is 8.95. The van der Waals surface area contributed by atoms with E-state index in [1.807, 2.05) is 0 Å². The van der Waals surface area contributed by atoms with E-state index in [0.717, 1.165) is 25.7 Å². The van der Waals surface area contributed by atoms with E-state index in [0.29, 0.717) is 6.61 Å². The second-order valence-electron chi connectivity index (χ2n) is 4.27. The van der Waals surface area contributed by atoms with Crippen LogP contribution in [0.25, 0.3) is 0 Å². The summed E-state index contributed by atoms with van der Waals surface area (Å²) in [6.07, 6.45) is 6.26. The molecule has 3 nitrogen and oxygen atoms in total. The van der Waals surface area contributed by atoms with E-state index in [4.69, 9.17) is 10.00 Å². The molecule has 0 heterocycles. The maximum Gasteiger partial charge on any atom is 0.324 e. The molecule has 0 aromatic carbocycles. The average Bonchev–Trinajstić information content (AvgIpc) is 2.94. The van der Waals surface area contributed by atoms with Gasteiger partial charge >= 0.3 is 5.97 Å². The standard InChI is InChI=1S/C12H15NO2/c1-2-15-11(14)10(8-13)12-6-4-3-5-9(12)7-12/h5,10H,2-4,6-7H2,1H3. The predicted octanol–water partition coefficient (Wildman–Crippen LogP) is 2.19. The molecule has 15 heavy (non-hydrogen) atoms. The summed E-state index contributed by atoms with van der Waals surface area (Å²) >= 11 is 0. The van der Waals surface area contributed by atoms with Gasteiger partial charge in [0.25, 0.3) is 0 Å². The summed E-state index contributed by atoms with van der Waals surface area (Å²) in [6.45, 7) is 2.13. The van der Waals surface area contributed by atoms with E-state index in [1.54, 1.807) is 6.92 Å². The molecule has 2 rings (SSSR count). The van der Waals surface area contributed by atoms with Crippen molar-refractivity contribution in [2.45, 2.75) is 32.6 Å². The minimum atomic E-state index is -0.580. The summed E-state index contributed by atoms with van der Waals surface area (Å²) in [5.41, 5.74) is 1.16. The molecule has 0 saturated heterocycles. The molecule has 2 atom stereocenters. The van der Waals surface area contributed by atoms with Gasteiger partial charge in [0.2, 0.25) is 0 Å². The van der Waals surface area contributed by atoms with Gasteiger partial charge in [-0.3, -0.25) is 4.79 Å². The molecule has 1 saturated carbocycles. The molecular formula is C12H15NO2. The Morgan fingerprint density at radius 1 is 1.80 bits per heavy atom. The number of hydrogen-bond acceptors (Lipinski definition) is 3. The molecular weight excluding hydrogens is 190 g/mol. The smallest absolute Gasteiger partial charge is 0.324 e. The Bertz CT molecular complexity index is 353. The van der Waals surface area contributed by atoms with Crippen molar-refractivity contribution >= 4 is 5.97 Å². The number of nitrogens with zero attached hydrogens (tertiary/aromatic N) is 1. The largest absolute Gasteiger partial charge is 0.465 e. The number of ether oxygens (including phenoxy) is 1. The van der Waals surface area contributed by atoms with Gasteiger partial charge in [0.05, 0.1) is 12.7 Å². The van der Waals surface area contributed by atoms with Crippen LogP contribution in [0, 0.1) is 22.7 Å². The maximum absolute atomic E-state index is 11.6. The fourth-order valence-corrected chi connectivity index (χ4v) is 2.57. The van der Waals surface area contributed by atoms with Crippen LogP contribution in [0.3, 0.4) is 0 Å². The number of fused-ring (bicyclic) bond motifs is 1. The lowest BCUT2D eigenvalue weighted by molar-refractivity contribution is -0.148. The third-order valence-corrected chi connectivity index (χ3v) is 3.44. The highest BCUT2D eigenvalue weighted by molar-refractivity contribution is 5.78. The first-order chi connectivity index (χ1) is 7.24. The summed E-state index contributed by atoms with van der Waals surface area (Å²) in [5, 5.41) is 9.09. The third-order valence-electron chi connectivity index (χ3n) is 3.44. The van der Waals surface area contributed by atoms with Crippen molar-refractivity contribution in [1.29, 1.82) is 5.26 Å². The first-order valence-corrected chi connectivity index (χ1v) is 5.50. The molecule has 0 amide bonds. The SMILES string of the molecule is CCOC(=O)C(C#N)C12CCCC=C1C2. The monoisotopic (exact) mass is 205 g/mol. The second-order valence-corrected chi connectivity index (χ2v) is 4.27. The molecule has 0 bridgehead atoms. The number of carbonyl (C=O) groups is 1. The lowest BCUT2D eigenvalue weighted by atomic mass is 9.82. The van der Waals surface area contributed by atoms with Gasteiger partial charge in [-0.25, -0.2) is 0 Å². The van der Waals surface area contributed by atoms with Crippen LogP contribution in [0.4, 0.5) is 0 Å². The molecule has 0 aromatic rings. The quantitative estimate of drug-likeness (QED) is 0.524. The van der Waals surface area contributed by atoms with Crippen molar-refractivity contribution in [3.63, 3.8) is 0 Å². The van der Waals surface area contributed by atoms with Crippen LogP contribution < -0.4 is 0 Å². The molecule has 3 heteroatoms. The zero-order valence-electron chi connectivity index (χ0n) is 8.95. The topological polar surface area (TPSA) is 50.1 Å². The van der Waals surface area contributed by atoms with Gasteiger partial charge in [-0.2, -0.15) is 5.26 Å². The maximum atomic E-state index is 11.6. The number of allylic oxidation sites excluding steroid dienone is 2. The van der Waals surface area contributed by atoms with E-state index in [2.05, 4.69) is 12.1 Å². The van der Waals surface area contributed by atoms with Gasteiger partial charge in [-0.15, -0.1) is 0 Å². The molecule has 0 radical (unpaired) electrons. The minimum Gasteiger partial charge on any atom is -0.465 e. The van der Waals surface area contributed by atoms with Crippen LogP contribution in [0.1, 0.15) is 32.6 Å². The number of nitriles is 1. The van der Waals surface area contributed by atoms with E-state index < -0.39 is 5.92 Å². The van der Waals surface area contributed by atoms with E-state index in [9.17, 15) is 4.79 Å². The molecule has 80 valence electrons. The van der Waals surface area contributed by atoms with Gasteiger partial charge in [0.1, 0.15) is 0 Å². The molecule has 0 aromatic heterocycles. The lowest BCUT2D eigenvalue weighted by Crippen LogP contribution is -2.27. The van der Waals surface area contributed by atoms with Crippen LogP contribution >= 0.6 is 0 Å². The van der Waals surface area contributed by atoms with Crippen molar-refractivity contribution in [1.82, 2.24) is 0 Å². The Kier molecular flexibility index (Phi) is 2.52. The van der Waals surface area contributed by atoms with Crippen molar-refractivity contribution < 1.29 is 9.53 Å². The summed E-state index contributed by atoms with van der Waals surface area (Å²) in [6, 6.07) is 2.12. The number of rotatable bonds is 3. The van der Waals surface area contributed by atoms with Gasteiger partial charge in [0.15, 0.2) is 5.92 Å². The van der Waals surface area contributed by atoms with Crippen molar-refractivity contribution in [2.24, 2.45) is 11.3 Å².